The summed E-state index contributed by atoms with van der Waals surface area (Å²) in [4.78, 5) is 22.6. The Morgan fingerprint density at radius 1 is 1.52 bits per heavy atom. The Bertz CT molecular complexity index is 926. The average molecular weight is 357 g/mol. The van der Waals surface area contributed by atoms with E-state index in [2.05, 4.69) is 17.2 Å². The molecule has 132 valence electrons. The summed E-state index contributed by atoms with van der Waals surface area (Å²) >= 11 is 1.70. The van der Waals surface area contributed by atoms with Gasteiger partial charge in [-0.2, -0.15) is 0 Å². The van der Waals surface area contributed by atoms with Crippen LogP contribution in [0.3, 0.4) is 0 Å². The number of hydrogen-bond acceptors (Lipinski definition) is 5. The molecule has 0 saturated heterocycles. The summed E-state index contributed by atoms with van der Waals surface area (Å²) in [7, 11) is 0. The van der Waals surface area contributed by atoms with Crippen molar-refractivity contribution >= 4 is 21.6 Å². The van der Waals surface area contributed by atoms with Crippen LogP contribution in [-0.4, -0.2) is 16.5 Å². The van der Waals surface area contributed by atoms with Crippen LogP contribution in [0.2, 0.25) is 0 Å². The number of rotatable bonds is 5. The number of thiophene rings is 1. The topological polar surface area (TPSA) is 70.9 Å². The van der Waals surface area contributed by atoms with Gasteiger partial charge >= 0.3 is 0 Å². The van der Waals surface area contributed by atoms with Crippen molar-refractivity contribution in [3.05, 3.63) is 50.8 Å². The van der Waals surface area contributed by atoms with Gasteiger partial charge < -0.3 is 14.7 Å². The van der Waals surface area contributed by atoms with Crippen molar-refractivity contribution in [3.63, 3.8) is 0 Å². The first-order valence-corrected chi connectivity index (χ1v) is 9.73. The van der Waals surface area contributed by atoms with Gasteiger partial charge in [0.05, 0.1) is 17.7 Å². The Hall–Kier alpha value is -1.92. The van der Waals surface area contributed by atoms with Crippen LogP contribution in [-0.2, 0) is 19.3 Å². The molecule has 0 spiro atoms. The van der Waals surface area contributed by atoms with E-state index >= 15 is 0 Å². The smallest absolute Gasteiger partial charge is 0.259 e. The van der Waals surface area contributed by atoms with Crippen molar-refractivity contribution < 1.29 is 4.42 Å². The van der Waals surface area contributed by atoms with Crippen molar-refractivity contribution in [1.29, 1.82) is 0 Å². The number of fused-ring (bicyclic) bond motifs is 3. The van der Waals surface area contributed by atoms with Crippen molar-refractivity contribution in [3.8, 4) is 0 Å². The van der Waals surface area contributed by atoms with Crippen LogP contribution in [0.15, 0.2) is 27.6 Å². The fraction of sp³-hybridized carbons (Fsp3) is 0.474. The highest BCUT2D eigenvalue weighted by atomic mass is 32.1. The first kappa shape index (κ1) is 16.5. The third kappa shape index (κ3) is 3.28. The van der Waals surface area contributed by atoms with E-state index in [1.807, 2.05) is 19.1 Å². The van der Waals surface area contributed by atoms with Gasteiger partial charge in [0.25, 0.3) is 5.56 Å². The van der Waals surface area contributed by atoms with Gasteiger partial charge in [-0.3, -0.25) is 4.79 Å². The molecule has 3 heterocycles. The van der Waals surface area contributed by atoms with Gasteiger partial charge in [-0.15, -0.1) is 11.3 Å². The second-order valence-corrected chi connectivity index (χ2v) is 8.07. The zero-order chi connectivity index (χ0) is 17.4. The van der Waals surface area contributed by atoms with Gasteiger partial charge in [0, 0.05) is 17.8 Å². The SMILES string of the molecule is C[C@H]1CCc2c(sc3nc([C@H](C)NCCc4ccco4)[nH]c(=O)c23)C1. The van der Waals surface area contributed by atoms with E-state index in [9.17, 15) is 4.79 Å². The van der Waals surface area contributed by atoms with E-state index < -0.39 is 0 Å². The van der Waals surface area contributed by atoms with Gasteiger partial charge in [0.2, 0.25) is 0 Å². The fourth-order valence-corrected chi connectivity index (χ4v) is 4.92. The summed E-state index contributed by atoms with van der Waals surface area (Å²) in [5.74, 6) is 2.36. The molecule has 0 bridgehead atoms. The van der Waals surface area contributed by atoms with Gasteiger partial charge in [0.15, 0.2) is 0 Å². The Morgan fingerprint density at radius 2 is 2.40 bits per heavy atom. The molecule has 0 radical (unpaired) electrons. The monoisotopic (exact) mass is 357 g/mol. The zero-order valence-corrected chi connectivity index (χ0v) is 15.4. The van der Waals surface area contributed by atoms with Gasteiger partial charge in [-0.1, -0.05) is 6.92 Å². The van der Waals surface area contributed by atoms with Crippen molar-refractivity contribution in [1.82, 2.24) is 15.3 Å². The lowest BCUT2D eigenvalue weighted by molar-refractivity contribution is 0.480. The molecule has 2 atom stereocenters. The first-order valence-electron chi connectivity index (χ1n) is 8.92. The van der Waals surface area contributed by atoms with Crippen LogP contribution >= 0.6 is 11.3 Å². The highest BCUT2D eigenvalue weighted by molar-refractivity contribution is 7.18. The minimum absolute atomic E-state index is 0.00624. The molecule has 5 nitrogen and oxygen atoms in total. The minimum atomic E-state index is -0.00915. The Balaban J connectivity index is 1.55. The third-order valence-corrected chi connectivity index (χ3v) is 6.14. The van der Waals surface area contributed by atoms with Crippen LogP contribution < -0.4 is 10.9 Å². The lowest BCUT2D eigenvalue weighted by Crippen LogP contribution is -2.25. The van der Waals surface area contributed by atoms with Crippen LogP contribution in [0.4, 0.5) is 0 Å². The van der Waals surface area contributed by atoms with E-state index in [0.717, 1.165) is 48.2 Å². The predicted octanol–water partition coefficient (Wildman–Crippen LogP) is 3.60. The normalized spacial score (nSPS) is 18.4. The molecule has 0 unspecified atom stereocenters. The number of aryl methyl sites for hydroxylation is 1. The number of nitrogens with one attached hydrogen (secondary N) is 2. The molecule has 25 heavy (non-hydrogen) atoms. The van der Waals surface area contributed by atoms with Crippen LogP contribution in [0.5, 0.6) is 0 Å². The number of nitrogens with zero attached hydrogens (tertiary/aromatic N) is 1. The molecule has 0 aliphatic heterocycles. The summed E-state index contributed by atoms with van der Waals surface area (Å²) in [5.41, 5.74) is 1.24. The number of H-pyrrole nitrogens is 1. The molecule has 0 aromatic carbocycles. The zero-order valence-electron chi connectivity index (χ0n) is 14.6. The summed E-state index contributed by atoms with van der Waals surface area (Å²) in [6.07, 6.45) is 5.73. The molecule has 3 aromatic rings. The van der Waals surface area contributed by atoms with Gasteiger partial charge in [0.1, 0.15) is 16.4 Å². The number of furan rings is 1. The highest BCUT2D eigenvalue weighted by Crippen LogP contribution is 2.35. The third-order valence-electron chi connectivity index (χ3n) is 5.00. The molecule has 4 rings (SSSR count). The second kappa shape index (κ2) is 6.77. The van der Waals surface area contributed by atoms with Crippen molar-refractivity contribution in [2.75, 3.05) is 6.54 Å². The van der Waals surface area contributed by atoms with Crippen LogP contribution in [0, 0.1) is 5.92 Å². The summed E-state index contributed by atoms with van der Waals surface area (Å²) < 4.78 is 5.34. The maximum Gasteiger partial charge on any atom is 0.259 e. The Morgan fingerprint density at radius 3 is 3.20 bits per heavy atom. The molecular formula is C19H23N3O2S. The van der Waals surface area contributed by atoms with Crippen molar-refractivity contribution in [2.24, 2.45) is 5.92 Å². The van der Waals surface area contributed by atoms with E-state index in [-0.39, 0.29) is 11.6 Å². The van der Waals surface area contributed by atoms with Crippen molar-refractivity contribution in [2.45, 2.75) is 45.6 Å². The largest absolute Gasteiger partial charge is 0.469 e. The van der Waals surface area contributed by atoms with Crippen LogP contribution in [0.1, 0.15) is 48.3 Å². The summed E-state index contributed by atoms with van der Waals surface area (Å²) in [6, 6.07) is 3.85. The van der Waals surface area contributed by atoms with E-state index in [4.69, 9.17) is 9.40 Å². The number of hydrogen-bond donors (Lipinski definition) is 2. The highest BCUT2D eigenvalue weighted by Gasteiger charge is 2.23. The lowest BCUT2D eigenvalue weighted by Gasteiger charge is -2.17. The molecule has 0 saturated carbocycles. The maximum atomic E-state index is 12.6. The van der Waals surface area contributed by atoms with E-state index in [1.165, 1.54) is 10.4 Å². The standard InChI is InChI=1S/C19H23N3O2S/c1-11-5-6-14-15(10-11)25-19-16(14)18(23)21-17(22-19)12(2)20-8-7-13-4-3-9-24-13/h3-4,9,11-12,20H,5-8,10H2,1-2H3,(H,21,22,23)/t11-,12-/m0/s1. The Labute approximate surface area is 150 Å². The summed E-state index contributed by atoms with van der Waals surface area (Å²) in [6.45, 7) is 5.08. The molecule has 1 aliphatic rings. The minimum Gasteiger partial charge on any atom is -0.469 e. The average Bonchev–Trinajstić information content (AvgIpc) is 3.21. The second-order valence-electron chi connectivity index (χ2n) is 6.99. The van der Waals surface area contributed by atoms with E-state index in [0.29, 0.717) is 11.7 Å². The quantitative estimate of drug-likeness (QED) is 0.732. The maximum absolute atomic E-state index is 12.6. The predicted molar refractivity (Wildman–Crippen MR) is 100 cm³/mol. The molecular weight excluding hydrogens is 334 g/mol. The van der Waals surface area contributed by atoms with E-state index in [1.54, 1.807) is 17.6 Å². The molecule has 6 heteroatoms. The first-order chi connectivity index (χ1) is 12.1. The molecule has 3 aromatic heterocycles. The van der Waals surface area contributed by atoms with Crippen LogP contribution in [0.25, 0.3) is 10.2 Å². The summed E-state index contributed by atoms with van der Waals surface area (Å²) in [5, 5.41) is 4.23. The van der Waals surface area contributed by atoms with Gasteiger partial charge in [-0.05, 0) is 49.8 Å². The molecule has 2 N–H and O–H groups in total. The fourth-order valence-electron chi connectivity index (χ4n) is 3.53. The number of aromatic nitrogens is 2. The molecule has 1 aliphatic carbocycles. The molecule has 0 fully saturated rings. The Kier molecular flexibility index (Phi) is 4.48. The lowest BCUT2D eigenvalue weighted by atomic mass is 9.89. The number of aromatic amines is 1. The molecule has 0 amide bonds. The van der Waals surface area contributed by atoms with Gasteiger partial charge in [-0.25, -0.2) is 4.98 Å².